The Morgan fingerprint density at radius 1 is 1.22 bits per heavy atom. The molecule has 1 aromatic carbocycles. The van der Waals surface area contributed by atoms with Gasteiger partial charge in [-0.1, -0.05) is 55.3 Å². The summed E-state index contributed by atoms with van der Waals surface area (Å²) in [6.45, 7) is 10.1. The second kappa shape index (κ2) is 7.96. The van der Waals surface area contributed by atoms with Crippen LogP contribution in [0.4, 0.5) is 0 Å². The summed E-state index contributed by atoms with van der Waals surface area (Å²) in [6, 6.07) is 7.15. The largest absolute Gasteiger partial charge is 0.310 e. The first kappa shape index (κ1) is 15.7. The van der Waals surface area contributed by atoms with Crippen molar-refractivity contribution in [1.82, 2.24) is 5.32 Å². The molecule has 0 saturated carbocycles. The Hall–Kier alpha value is -0.340. The average molecular weight is 312 g/mol. The monoisotopic (exact) mass is 311 g/mol. The van der Waals surface area contributed by atoms with Crippen LogP contribution in [0, 0.1) is 12.8 Å². The second-order valence-electron chi connectivity index (χ2n) is 5.22. The van der Waals surface area contributed by atoms with Gasteiger partial charge in [0.1, 0.15) is 0 Å². The van der Waals surface area contributed by atoms with Crippen molar-refractivity contribution in [3.8, 4) is 0 Å². The zero-order valence-corrected chi connectivity index (χ0v) is 13.7. The Morgan fingerprint density at radius 3 is 2.50 bits per heavy atom. The maximum absolute atomic E-state index is 3.72. The molecular weight excluding hydrogens is 286 g/mol. The molecule has 1 nitrogen and oxygen atoms in total. The third-order valence-corrected chi connectivity index (χ3v) is 4.11. The van der Waals surface area contributed by atoms with E-state index in [1.54, 1.807) is 0 Å². The van der Waals surface area contributed by atoms with E-state index in [2.05, 4.69) is 67.1 Å². The first-order valence-corrected chi connectivity index (χ1v) is 7.88. The summed E-state index contributed by atoms with van der Waals surface area (Å²) in [5, 5.41) is 3.70. The minimum Gasteiger partial charge on any atom is -0.310 e. The van der Waals surface area contributed by atoms with Gasteiger partial charge >= 0.3 is 0 Å². The van der Waals surface area contributed by atoms with Crippen molar-refractivity contribution in [2.45, 2.75) is 53.0 Å². The number of aryl methyl sites for hydroxylation is 1. The number of rotatable bonds is 7. The van der Waals surface area contributed by atoms with Crippen molar-refractivity contribution < 1.29 is 0 Å². The summed E-state index contributed by atoms with van der Waals surface area (Å²) in [7, 11) is 0. The van der Waals surface area contributed by atoms with Crippen molar-refractivity contribution in [2.24, 2.45) is 5.92 Å². The van der Waals surface area contributed by atoms with Gasteiger partial charge in [0, 0.05) is 10.5 Å². The SMILES string of the molecule is CCCNC(c1ccc(C)cc1Br)C(C)CCC. The summed E-state index contributed by atoms with van der Waals surface area (Å²) in [5.41, 5.74) is 2.71. The van der Waals surface area contributed by atoms with Gasteiger partial charge in [-0.3, -0.25) is 0 Å². The molecule has 0 spiro atoms. The average Bonchev–Trinajstić information content (AvgIpc) is 2.32. The van der Waals surface area contributed by atoms with Gasteiger partial charge in [0.25, 0.3) is 0 Å². The maximum atomic E-state index is 3.72. The van der Waals surface area contributed by atoms with E-state index in [1.165, 1.54) is 34.9 Å². The molecular formula is C16H26BrN. The first-order valence-electron chi connectivity index (χ1n) is 7.09. The summed E-state index contributed by atoms with van der Waals surface area (Å²) in [5.74, 6) is 0.667. The van der Waals surface area contributed by atoms with Crippen molar-refractivity contribution >= 4 is 15.9 Å². The number of hydrogen-bond acceptors (Lipinski definition) is 1. The van der Waals surface area contributed by atoms with Crippen LogP contribution >= 0.6 is 15.9 Å². The zero-order valence-electron chi connectivity index (χ0n) is 12.1. The Bertz CT molecular complexity index is 362. The van der Waals surface area contributed by atoms with E-state index in [4.69, 9.17) is 0 Å². The number of hydrogen-bond donors (Lipinski definition) is 1. The zero-order chi connectivity index (χ0) is 13.5. The lowest BCUT2D eigenvalue weighted by molar-refractivity contribution is 0.362. The number of halogens is 1. The molecule has 0 radical (unpaired) electrons. The fourth-order valence-corrected chi connectivity index (χ4v) is 3.16. The van der Waals surface area contributed by atoms with Crippen molar-refractivity contribution in [1.29, 1.82) is 0 Å². The lowest BCUT2D eigenvalue weighted by Gasteiger charge is -2.26. The molecule has 1 rings (SSSR count). The molecule has 0 saturated heterocycles. The highest BCUT2D eigenvalue weighted by atomic mass is 79.9. The minimum absolute atomic E-state index is 0.458. The third-order valence-electron chi connectivity index (χ3n) is 3.42. The molecule has 0 amide bonds. The van der Waals surface area contributed by atoms with Crippen LogP contribution in [-0.4, -0.2) is 6.54 Å². The molecule has 2 heteroatoms. The summed E-state index contributed by atoms with van der Waals surface area (Å²) in [4.78, 5) is 0. The van der Waals surface area contributed by atoms with Crippen LogP contribution in [-0.2, 0) is 0 Å². The molecule has 18 heavy (non-hydrogen) atoms. The molecule has 0 bridgehead atoms. The minimum atomic E-state index is 0.458. The second-order valence-corrected chi connectivity index (χ2v) is 6.08. The van der Waals surface area contributed by atoms with Crippen LogP contribution in [0.15, 0.2) is 22.7 Å². The molecule has 0 heterocycles. The van der Waals surface area contributed by atoms with Crippen molar-refractivity contribution in [2.75, 3.05) is 6.54 Å². The highest BCUT2D eigenvalue weighted by molar-refractivity contribution is 9.10. The van der Waals surface area contributed by atoms with Crippen LogP contribution < -0.4 is 5.32 Å². The number of nitrogens with one attached hydrogen (secondary N) is 1. The summed E-state index contributed by atoms with van der Waals surface area (Å²) >= 11 is 3.72. The lowest BCUT2D eigenvalue weighted by atomic mass is 9.90. The molecule has 1 N–H and O–H groups in total. The summed E-state index contributed by atoms with van der Waals surface area (Å²) < 4.78 is 1.24. The van der Waals surface area contributed by atoms with Crippen LogP contribution in [0.5, 0.6) is 0 Å². The maximum Gasteiger partial charge on any atom is 0.0357 e. The van der Waals surface area contributed by atoms with Gasteiger partial charge in [-0.2, -0.15) is 0 Å². The van der Waals surface area contributed by atoms with Gasteiger partial charge in [0.05, 0.1) is 0 Å². The molecule has 2 unspecified atom stereocenters. The standard InChI is InChI=1S/C16H26BrN/c1-5-7-13(4)16(18-10-6-2)14-9-8-12(3)11-15(14)17/h8-9,11,13,16,18H,5-7,10H2,1-4H3. The van der Waals surface area contributed by atoms with Crippen LogP contribution in [0.3, 0.4) is 0 Å². The predicted octanol–water partition coefficient (Wildman–Crippen LogP) is 5.23. The van der Waals surface area contributed by atoms with Crippen molar-refractivity contribution in [3.05, 3.63) is 33.8 Å². The molecule has 1 aromatic rings. The smallest absolute Gasteiger partial charge is 0.0357 e. The van der Waals surface area contributed by atoms with E-state index in [1.807, 2.05) is 0 Å². The van der Waals surface area contributed by atoms with E-state index in [0.29, 0.717) is 12.0 Å². The van der Waals surface area contributed by atoms with E-state index < -0.39 is 0 Å². The van der Waals surface area contributed by atoms with Gasteiger partial charge in [0.2, 0.25) is 0 Å². The predicted molar refractivity (Wildman–Crippen MR) is 84.0 cm³/mol. The van der Waals surface area contributed by atoms with Gasteiger partial charge in [-0.05, 0) is 49.4 Å². The van der Waals surface area contributed by atoms with Crippen LogP contribution in [0.25, 0.3) is 0 Å². The fraction of sp³-hybridized carbons (Fsp3) is 0.625. The number of benzene rings is 1. The first-order chi connectivity index (χ1) is 8.60. The fourth-order valence-electron chi connectivity index (χ4n) is 2.42. The van der Waals surface area contributed by atoms with Crippen LogP contribution in [0.1, 0.15) is 57.2 Å². The van der Waals surface area contributed by atoms with Crippen molar-refractivity contribution in [3.63, 3.8) is 0 Å². The molecule has 2 atom stereocenters. The molecule has 102 valence electrons. The summed E-state index contributed by atoms with van der Waals surface area (Å²) in [6.07, 6.45) is 3.69. The van der Waals surface area contributed by atoms with Gasteiger partial charge in [0.15, 0.2) is 0 Å². The van der Waals surface area contributed by atoms with Gasteiger partial charge < -0.3 is 5.32 Å². The van der Waals surface area contributed by atoms with Gasteiger partial charge in [-0.15, -0.1) is 0 Å². The Morgan fingerprint density at radius 2 is 1.94 bits per heavy atom. The molecule has 0 aromatic heterocycles. The van der Waals surface area contributed by atoms with E-state index in [-0.39, 0.29) is 0 Å². The lowest BCUT2D eigenvalue weighted by Crippen LogP contribution is -2.28. The topological polar surface area (TPSA) is 12.0 Å². The Labute approximate surface area is 120 Å². The molecule has 0 aliphatic rings. The van der Waals surface area contributed by atoms with Gasteiger partial charge in [-0.25, -0.2) is 0 Å². The Kier molecular flexibility index (Phi) is 6.95. The highest BCUT2D eigenvalue weighted by Gasteiger charge is 2.20. The molecule has 0 aliphatic heterocycles. The molecule has 0 aliphatic carbocycles. The van der Waals surface area contributed by atoms with E-state index >= 15 is 0 Å². The quantitative estimate of drug-likeness (QED) is 0.726. The third kappa shape index (κ3) is 4.40. The Balaban J connectivity index is 2.93. The normalized spacial score (nSPS) is 14.5. The highest BCUT2D eigenvalue weighted by Crippen LogP contribution is 2.31. The van der Waals surface area contributed by atoms with Crippen LogP contribution in [0.2, 0.25) is 0 Å². The van der Waals surface area contributed by atoms with E-state index in [9.17, 15) is 0 Å². The molecule has 0 fully saturated rings. The van der Waals surface area contributed by atoms with E-state index in [0.717, 1.165) is 6.54 Å².